The number of methoxy groups -OCH3 is 1. The number of anilines is 1. The van der Waals surface area contributed by atoms with Gasteiger partial charge in [-0.15, -0.1) is 10.2 Å². The van der Waals surface area contributed by atoms with E-state index in [4.69, 9.17) is 4.74 Å². The van der Waals surface area contributed by atoms with E-state index in [9.17, 15) is 9.59 Å². The van der Waals surface area contributed by atoms with E-state index in [0.717, 1.165) is 41.4 Å². The minimum atomic E-state index is -0.0891. The van der Waals surface area contributed by atoms with Crippen molar-refractivity contribution in [3.05, 3.63) is 71.8 Å². The predicted octanol–water partition coefficient (Wildman–Crippen LogP) is 4.30. The quantitative estimate of drug-likeness (QED) is 0.445. The third kappa shape index (κ3) is 6.68. The molecule has 4 rings (SSSR count). The summed E-state index contributed by atoms with van der Waals surface area (Å²) in [4.78, 5) is 32.4. The summed E-state index contributed by atoms with van der Waals surface area (Å²) in [7, 11) is 1.65. The first-order valence-electron chi connectivity index (χ1n) is 13.2. The summed E-state index contributed by atoms with van der Waals surface area (Å²) in [6.45, 7) is 9.36. The molecule has 3 aromatic rings. The van der Waals surface area contributed by atoms with E-state index in [0.29, 0.717) is 31.7 Å². The highest BCUT2D eigenvalue weighted by Gasteiger charge is 2.25. The molecule has 0 aliphatic carbocycles. The SMILES string of the molecule is COc1ccc(-c2ccc(N3CCCN(C(=O)CN(CC(C)C)C(=O)c4ccccc4C)CC3)nn2)cc1. The first-order chi connectivity index (χ1) is 18.4. The Morgan fingerprint density at radius 2 is 1.71 bits per heavy atom. The van der Waals surface area contributed by atoms with E-state index < -0.39 is 0 Å². The summed E-state index contributed by atoms with van der Waals surface area (Å²) in [5.74, 6) is 1.75. The molecule has 1 aromatic heterocycles. The summed E-state index contributed by atoms with van der Waals surface area (Å²) < 4.78 is 5.23. The fourth-order valence-electron chi connectivity index (χ4n) is 4.71. The van der Waals surface area contributed by atoms with E-state index >= 15 is 0 Å². The Morgan fingerprint density at radius 3 is 2.37 bits per heavy atom. The lowest BCUT2D eigenvalue weighted by Crippen LogP contribution is -2.45. The smallest absolute Gasteiger partial charge is 0.254 e. The van der Waals surface area contributed by atoms with Gasteiger partial charge in [-0.1, -0.05) is 32.0 Å². The van der Waals surface area contributed by atoms with Crippen molar-refractivity contribution in [3.63, 3.8) is 0 Å². The molecule has 200 valence electrons. The molecule has 8 nitrogen and oxygen atoms in total. The second-order valence-electron chi connectivity index (χ2n) is 10.1. The number of rotatable bonds is 8. The zero-order valence-corrected chi connectivity index (χ0v) is 22.8. The van der Waals surface area contributed by atoms with Crippen LogP contribution in [0, 0.1) is 12.8 Å². The Bertz CT molecular complexity index is 1230. The normalized spacial score (nSPS) is 13.8. The van der Waals surface area contributed by atoms with E-state index in [-0.39, 0.29) is 24.3 Å². The number of hydrogen-bond acceptors (Lipinski definition) is 6. The largest absolute Gasteiger partial charge is 0.497 e. The molecule has 1 aliphatic rings. The molecule has 1 saturated heterocycles. The molecule has 0 radical (unpaired) electrons. The molecular weight excluding hydrogens is 478 g/mol. The van der Waals surface area contributed by atoms with Crippen molar-refractivity contribution in [2.75, 3.05) is 51.3 Å². The van der Waals surface area contributed by atoms with E-state index in [1.807, 2.05) is 72.5 Å². The van der Waals surface area contributed by atoms with Crippen molar-refractivity contribution in [2.24, 2.45) is 5.92 Å². The van der Waals surface area contributed by atoms with E-state index in [1.165, 1.54) is 0 Å². The molecule has 8 heteroatoms. The molecule has 0 unspecified atom stereocenters. The second-order valence-corrected chi connectivity index (χ2v) is 10.1. The number of hydrogen-bond donors (Lipinski definition) is 0. The van der Waals surface area contributed by atoms with Crippen LogP contribution in [0.4, 0.5) is 5.82 Å². The maximum atomic E-state index is 13.3. The van der Waals surface area contributed by atoms with Crippen molar-refractivity contribution in [3.8, 4) is 17.0 Å². The average molecular weight is 516 g/mol. The Labute approximate surface area is 225 Å². The van der Waals surface area contributed by atoms with E-state index in [2.05, 4.69) is 28.9 Å². The lowest BCUT2D eigenvalue weighted by atomic mass is 10.1. The monoisotopic (exact) mass is 515 g/mol. The van der Waals surface area contributed by atoms with Gasteiger partial charge in [0.05, 0.1) is 12.8 Å². The van der Waals surface area contributed by atoms with Crippen LogP contribution in [0.1, 0.15) is 36.2 Å². The van der Waals surface area contributed by atoms with Gasteiger partial charge in [0, 0.05) is 43.9 Å². The van der Waals surface area contributed by atoms with Crippen molar-refractivity contribution in [2.45, 2.75) is 27.2 Å². The summed E-state index contributed by atoms with van der Waals surface area (Å²) in [5.41, 5.74) is 3.35. The van der Waals surface area contributed by atoms with Crippen LogP contribution in [0.2, 0.25) is 0 Å². The summed E-state index contributed by atoms with van der Waals surface area (Å²) in [5, 5.41) is 8.90. The molecule has 0 spiro atoms. The van der Waals surface area contributed by atoms with Gasteiger partial charge in [0.15, 0.2) is 5.82 Å². The van der Waals surface area contributed by atoms with Gasteiger partial charge in [-0.25, -0.2) is 0 Å². The van der Waals surface area contributed by atoms with Crippen LogP contribution in [0.3, 0.4) is 0 Å². The Kier molecular flexibility index (Phi) is 8.94. The molecule has 2 aromatic carbocycles. The standard InChI is InChI=1S/C30H37N5O3/c1-22(2)20-35(30(37)26-9-6-5-8-23(26)3)21-29(36)34-17-7-16-33(18-19-34)28-15-14-27(31-32-28)24-10-12-25(38-4)13-11-24/h5-6,8-15,22H,7,16-21H2,1-4H3. The fourth-order valence-corrected chi connectivity index (χ4v) is 4.71. The minimum Gasteiger partial charge on any atom is -0.497 e. The van der Waals surface area contributed by atoms with Gasteiger partial charge in [0.2, 0.25) is 5.91 Å². The first-order valence-corrected chi connectivity index (χ1v) is 13.2. The molecule has 1 fully saturated rings. The zero-order valence-electron chi connectivity index (χ0n) is 22.8. The van der Waals surface area contributed by atoms with Gasteiger partial charge in [-0.2, -0.15) is 0 Å². The molecule has 0 N–H and O–H groups in total. The average Bonchev–Trinajstić information content (AvgIpc) is 3.19. The van der Waals surface area contributed by atoms with E-state index in [1.54, 1.807) is 12.0 Å². The van der Waals surface area contributed by atoms with Gasteiger partial charge in [-0.3, -0.25) is 9.59 Å². The highest BCUT2D eigenvalue weighted by molar-refractivity contribution is 5.97. The summed E-state index contributed by atoms with van der Waals surface area (Å²) >= 11 is 0. The maximum Gasteiger partial charge on any atom is 0.254 e. The van der Waals surface area contributed by atoms with Gasteiger partial charge < -0.3 is 19.4 Å². The fraction of sp³-hybridized carbons (Fsp3) is 0.400. The summed E-state index contributed by atoms with van der Waals surface area (Å²) in [6.07, 6.45) is 0.823. The molecule has 0 saturated carbocycles. The second kappa shape index (κ2) is 12.5. The maximum absolute atomic E-state index is 13.3. The highest BCUT2D eigenvalue weighted by Crippen LogP contribution is 2.22. The third-order valence-electron chi connectivity index (χ3n) is 6.78. The van der Waals surface area contributed by atoms with Crippen LogP contribution in [0.25, 0.3) is 11.3 Å². The number of carbonyl (C=O) groups is 2. The number of ether oxygens (including phenoxy) is 1. The topological polar surface area (TPSA) is 78.9 Å². The number of carbonyl (C=O) groups excluding carboxylic acids is 2. The number of nitrogens with zero attached hydrogens (tertiary/aromatic N) is 5. The Morgan fingerprint density at radius 1 is 0.947 bits per heavy atom. The van der Waals surface area contributed by atoms with Crippen LogP contribution in [-0.4, -0.2) is 78.2 Å². The van der Waals surface area contributed by atoms with Crippen molar-refractivity contribution in [1.29, 1.82) is 0 Å². The highest BCUT2D eigenvalue weighted by atomic mass is 16.5. The number of aromatic nitrogens is 2. The Hall–Kier alpha value is -3.94. The van der Waals surface area contributed by atoms with Gasteiger partial charge in [0.1, 0.15) is 12.3 Å². The van der Waals surface area contributed by atoms with Crippen molar-refractivity contribution in [1.82, 2.24) is 20.0 Å². The first kappa shape index (κ1) is 27.1. The molecular formula is C30H37N5O3. The van der Waals surface area contributed by atoms with Crippen LogP contribution < -0.4 is 9.64 Å². The zero-order chi connectivity index (χ0) is 27.1. The molecule has 1 aliphatic heterocycles. The van der Waals surface area contributed by atoms with Gasteiger partial charge >= 0.3 is 0 Å². The lowest BCUT2D eigenvalue weighted by Gasteiger charge is -2.28. The lowest BCUT2D eigenvalue weighted by molar-refractivity contribution is -0.131. The third-order valence-corrected chi connectivity index (χ3v) is 6.78. The number of aryl methyl sites for hydroxylation is 1. The number of benzene rings is 2. The van der Waals surface area contributed by atoms with Crippen LogP contribution in [0.5, 0.6) is 5.75 Å². The summed E-state index contributed by atoms with van der Waals surface area (Å²) in [6, 6.07) is 19.2. The molecule has 0 bridgehead atoms. The molecule has 2 heterocycles. The number of amides is 2. The van der Waals surface area contributed by atoms with Gasteiger partial charge in [-0.05, 0) is 67.3 Å². The van der Waals surface area contributed by atoms with Crippen LogP contribution >= 0.6 is 0 Å². The predicted molar refractivity (Wildman–Crippen MR) is 149 cm³/mol. The van der Waals surface area contributed by atoms with Crippen LogP contribution in [-0.2, 0) is 4.79 Å². The minimum absolute atomic E-state index is 0.0182. The van der Waals surface area contributed by atoms with Crippen molar-refractivity contribution >= 4 is 17.6 Å². The van der Waals surface area contributed by atoms with Crippen LogP contribution in [0.15, 0.2) is 60.7 Å². The van der Waals surface area contributed by atoms with Crippen molar-refractivity contribution < 1.29 is 14.3 Å². The Balaban J connectivity index is 1.38. The molecule has 38 heavy (non-hydrogen) atoms. The molecule has 0 atom stereocenters. The van der Waals surface area contributed by atoms with Gasteiger partial charge in [0.25, 0.3) is 5.91 Å². The molecule has 2 amide bonds.